The van der Waals surface area contributed by atoms with Crippen LogP contribution in [0.4, 0.5) is 0 Å². The van der Waals surface area contributed by atoms with Gasteiger partial charge in [-0.05, 0) is 51.1 Å². The van der Waals surface area contributed by atoms with Crippen molar-refractivity contribution in [3.63, 3.8) is 0 Å². The summed E-state index contributed by atoms with van der Waals surface area (Å²) in [6, 6.07) is 1.72. The van der Waals surface area contributed by atoms with Gasteiger partial charge in [-0.2, -0.15) is 0 Å². The van der Waals surface area contributed by atoms with Gasteiger partial charge in [0.05, 0.1) is 0 Å². The molecule has 88 valence electrons. The van der Waals surface area contributed by atoms with Crippen molar-refractivity contribution < 1.29 is 0 Å². The summed E-state index contributed by atoms with van der Waals surface area (Å²) in [5.41, 5.74) is 0. The van der Waals surface area contributed by atoms with Gasteiger partial charge in [0.1, 0.15) is 0 Å². The van der Waals surface area contributed by atoms with Crippen LogP contribution >= 0.6 is 0 Å². The van der Waals surface area contributed by atoms with Crippen LogP contribution in [0.5, 0.6) is 0 Å². The molecule has 0 aromatic heterocycles. The second kappa shape index (κ2) is 5.31. The average molecular weight is 210 g/mol. The Kier molecular flexibility index (Phi) is 4.04. The normalized spacial score (nSPS) is 38.4. The van der Waals surface area contributed by atoms with E-state index in [0.717, 1.165) is 24.5 Å². The fraction of sp³-hybridized carbons (Fsp3) is 1.00. The van der Waals surface area contributed by atoms with E-state index in [4.69, 9.17) is 0 Å². The molecule has 1 N–H and O–H groups in total. The Morgan fingerprint density at radius 2 is 1.87 bits per heavy atom. The molecule has 2 nitrogen and oxygen atoms in total. The molecule has 2 aliphatic rings. The van der Waals surface area contributed by atoms with Gasteiger partial charge in [-0.3, -0.25) is 0 Å². The van der Waals surface area contributed by atoms with E-state index in [1.54, 1.807) is 0 Å². The van der Waals surface area contributed by atoms with Crippen molar-refractivity contribution in [3.05, 3.63) is 0 Å². The molecule has 1 heterocycles. The van der Waals surface area contributed by atoms with E-state index in [9.17, 15) is 0 Å². The summed E-state index contributed by atoms with van der Waals surface area (Å²) in [5.74, 6) is 0.941. The topological polar surface area (TPSA) is 15.3 Å². The molecule has 2 rings (SSSR count). The van der Waals surface area contributed by atoms with E-state index < -0.39 is 0 Å². The average Bonchev–Trinajstić information content (AvgIpc) is 2.67. The Morgan fingerprint density at radius 1 is 1.13 bits per heavy atom. The third kappa shape index (κ3) is 2.94. The van der Waals surface area contributed by atoms with Crippen LogP contribution in [-0.4, -0.2) is 36.6 Å². The van der Waals surface area contributed by atoms with Gasteiger partial charge in [0, 0.05) is 18.6 Å². The monoisotopic (exact) mass is 210 g/mol. The number of hydrogen-bond acceptors (Lipinski definition) is 2. The van der Waals surface area contributed by atoms with Gasteiger partial charge in [-0.15, -0.1) is 0 Å². The van der Waals surface area contributed by atoms with Crippen molar-refractivity contribution in [2.45, 2.75) is 58.0 Å². The molecule has 0 spiro atoms. The Morgan fingerprint density at radius 3 is 2.40 bits per heavy atom. The van der Waals surface area contributed by atoms with E-state index in [-0.39, 0.29) is 0 Å². The second-order valence-corrected chi connectivity index (χ2v) is 5.45. The first-order chi connectivity index (χ1) is 7.29. The van der Waals surface area contributed by atoms with Gasteiger partial charge in [-0.25, -0.2) is 0 Å². The van der Waals surface area contributed by atoms with Gasteiger partial charge < -0.3 is 10.2 Å². The maximum Gasteiger partial charge on any atom is 0.00965 e. The van der Waals surface area contributed by atoms with Crippen LogP contribution in [0.2, 0.25) is 0 Å². The summed E-state index contributed by atoms with van der Waals surface area (Å²) in [6.07, 6.45) is 7.05. The minimum atomic E-state index is 0.811. The van der Waals surface area contributed by atoms with Crippen molar-refractivity contribution in [2.24, 2.45) is 5.92 Å². The third-order valence-corrected chi connectivity index (χ3v) is 4.16. The van der Waals surface area contributed by atoms with Crippen LogP contribution < -0.4 is 5.32 Å². The molecule has 1 aliphatic heterocycles. The highest BCUT2D eigenvalue weighted by Gasteiger charge is 2.29. The minimum Gasteiger partial charge on any atom is -0.314 e. The molecular weight excluding hydrogens is 184 g/mol. The van der Waals surface area contributed by atoms with Crippen LogP contribution in [0.25, 0.3) is 0 Å². The third-order valence-electron chi connectivity index (χ3n) is 4.16. The van der Waals surface area contributed by atoms with Gasteiger partial charge >= 0.3 is 0 Å². The first-order valence-corrected chi connectivity index (χ1v) is 6.77. The molecule has 15 heavy (non-hydrogen) atoms. The van der Waals surface area contributed by atoms with Crippen molar-refractivity contribution in [3.8, 4) is 0 Å². The molecule has 0 radical (unpaired) electrons. The highest BCUT2D eigenvalue weighted by atomic mass is 15.2. The Balaban J connectivity index is 1.73. The summed E-state index contributed by atoms with van der Waals surface area (Å²) >= 11 is 0. The van der Waals surface area contributed by atoms with Gasteiger partial charge in [-0.1, -0.05) is 13.8 Å². The van der Waals surface area contributed by atoms with E-state index in [0.29, 0.717) is 0 Å². The summed E-state index contributed by atoms with van der Waals surface area (Å²) in [6.45, 7) is 8.46. The zero-order valence-corrected chi connectivity index (χ0v) is 10.3. The first kappa shape index (κ1) is 11.4. The Bertz CT molecular complexity index is 185. The predicted octanol–water partition coefficient (Wildman–Crippen LogP) is 2.25. The number of likely N-dealkylation sites (tertiary alicyclic amines) is 1. The van der Waals surface area contributed by atoms with Crippen LogP contribution in [0.1, 0.15) is 46.0 Å². The molecule has 1 saturated carbocycles. The maximum atomic E-state index is 3.59. The summed E-state index contributed by atoms with van der Waals surface area (Å²) in [4.78, 5) is 2.74. The quantitative estimate of drug-likeness (QED) is 0.768. The Hall–Kier alpha value is -0.0800. The van der Waals surface area contributed by atoms with Crippen LogP contribution in [-0.2, 0) is 0 Å². The first-order valence-electron chi connectivity index (χ1n) is 6.77. The second-order valence-electron chi connectivity index (χ2n) is 5.45. The van der Waals surface area contributed by atoms with E-state index >= 15 is 0 Å². The molecule has 0 aromatic rings. The van der Waals surface area contributed by atoms with E-state index in [1.165, 1.54) is 45.2 Å². The molecule has 2 heteroatoms. The van der Waals surface area contributed by atoms with Crippen molar-refractivity contribution in [1.82, 2.24) is 10.2 Å². The summed E-state index contributed by atoms with van der Waals surface area (Å²) in [5, 5.41) is 3.59. The van der Waals surface area contributed by atoms with Gasteiger partial charge in [0.2, 0.25) is 0 Å². The predicted molar refractivity (Wildman–Crippen MR) is 65.1 cm³/mol. The van der Waals surface area contributed by atoms with Crippen LogP contribution in [0.15, 0.2) is 0 Å². The zero-order valence-electron chi connectivity index (χ0n) is 10.3. The molecule has 0 aromatic carbocycles. The lowest BCUT2D eigenvalue weighted by Gasteiger charge is -2.34. The number of hydrogen-bond donors (Lipinski definition) is 1. The molecule has 1 saturated heterocycles. The van der Waals surface area contributed by atoms with Gasteiger partial charge in [0.25, 0.3) is 0 Å². The molecule has 2 fully saturated rings. The SMILES string of the molecule is CCNC1CCC(N2CCC(C)C2)CC1. The molecular formula is C13H26N2. The molecule has 1 aliphatic carbocycles. The lowest BCUT2D eigenvalue weighted by atomic mass is 9.90. The van der Waals surface area contributed by atoms with Crippen LogP contribution in [0.3, 0.4) is 0 Å². The minimum absolute atomic E-state index is 0.811. The zero-order chi connectivity index (χ0) is 10.7. The lowest BCUT2D eigenvalue weighted by molar-refractivity contribution is 0.170. The molecule has 1 atom stereocenters. The fourth-order valence-corrected chi connectivity index (χ4v) is 3.23. The number of nitrogens with one attached hydrogen (secondary N) is 1. The largest absolute Gasteiger partial charge is 0.314 e. The number of nitrogens with zero attached hydrogens (tertiary/aromatic N) is 1. The maximum absolute atomic E-state index is 3.59. The van der Waals surface area contributed by atoms with E-state index in [2.05, 4.69) is 24.1 Å². The standard InChI is InChI=1S/C13H26N2/c1-3-14-12-4-6-13(7-5-12)15-9-8-11(2)10-15/h11-14H,3-10H2,1-2H3. The highest BCUT2D eigenvalue weighted by Crippen LogP contribution is 2.27. The molecule has 0 amide bonds. The summed E-state index contributed by atoms with van der Waals surface area (Å²) < 4.78 is 0. The Labute approximate surface area is 94.4 Å². The fourth-order valence-electron chi connectivity index (χ4n) is 3.23. The number of rotatable bonds is 3. The smallest absolute Gasteiger partial charge is 0.00965 e. The lowest BCUT2D eigenvalue weighted by Crippen LogP contribution is -2.41. The van der Waals surface area contributed by atoms with Gasteiger partial charge in [0.15, 0.2) is 0 Å². The van der Waals surface area contributed by atoms with Crippen molar-refractivity contribution >= 4 is 0 Å². The highest BCUT2D eigenvalue weighted by molar-refractivity contribution is 4.85. The molecule has 0 bridgehead atoms. The molecule has 1 unspecified atom stereocenters. The van der Waals surface area contributed by atoms with E-state index in [1.807, 2.05) is 0 Å². The van der Waals surface area contributed by atoms with Crippen molar-refractivity contribution in [2.75, 3.05) is 19.6 Å². The van der Waals surface area contributed by atoms with Crippen molar-refractivity contribution in [1.29, 1.82) is 0 Å². The summed E-state index contributed by atoms with van der Waals surface area (Å²) in [7, 11) is 0. The van der Waals surface area contributed by atoms with Crippen LogP contribution in [0, 0.1) is 5.92 Å².